The Balaban J connectivity index is 1.39. The minimum Gasteiger partial charge on any atom is -0.385 e. The highest BCUT2D eigenvalue weighted by Crippen LogP contribution is 2.88. The number of rotatable bonds is 2. The van der Waals surface area contributed by atoms with Crippen LogP contribution >= 0.6 is 0 Å². The van der Waals surface area contributed by atoms with Crippen molar-refractivity contribution < 1.29 is 14.6 Å². The third-order valence-electron chi connectivity index (χ3n) is 8.72. The Kier molecular flexibility index (Phi) is 2.00. The largest absolute Gasteiger partial charge is 0.385 e. The number of hydrogen-bond acceptors (Lipinski definition) is 3. The fraction of sp³-hybridized carbons (Fsp3) is 0.700. The number of ether oxygens (including phenoxy) is 2. The second-order valence-corrected chi connectivity index (χ2v) is 8.80. The van der Waals surface area contributed by atoms with Gasteiger partial charge in [0, 0.05) is 5.92 Å². The maximum Gasteiger partial charge on any atom is 0.161 e. The maximum atomic E-state index is 11.9. The van der Waals surface area contributed by atoms with Crippen molar-refractivity contribution in [1.82, 2.24) is 0 Å². The Morgan fingerprint density at radius 3 is 2.35 bits per heavy atom. The molecule has 1 heterocycles. The minimum atomic E-state index is -0.581. The Morgan fingerprint density at radius 1 is 0.826 bits per heavy atom. The summed E-state index contributed by atoms with van der Waals surface area (Å²) >= 11 is 0. The molecular formula is C20H22O3. The average molecular weight is 310 g/mol. The molecule has 6 aliphatic rings. The van der Waals surface area contributed by atoms with Crippen molar-refractivity contribution in [2.45, 2.75) is 18.3 Å². The Bertz CT molecular complexity index is 683. The topological polar surface area (TPSA) is 38.7 Å². The number of aliphatic hydroxyl groups is 1. The zero-order valence-corrected chi connectivity index (χ0v) is 13.0. The molecule has 0 amide bonds. The molecule has 0 aromatic heterocycles. The van der Waals surface area contributed by atoms with Crippen LogP contribution in [0.3, 0.4) is 0 Å². The quantitative estimate of drug-likeness (QED) is 0.910. The monoisotopic (exact) mass is 310 g/mol. The molecule has 3 heteroatoms. The average Bonchev–Trinajstić information content (AvgIpc) is 3.25. The van der Waals surface area contributed by atoms with E-state index in [-0.39, 0.29) is 6.29 Å². The first kappa shape index (κ1) is 12.5. The van der Waals surface area contributed by atoms with Crippen LogP contribution in [0.1, 0.15) is 12.0 Å². The van der Waals surface area contributed by atoms with Gasteiger partial charge in [-0.2, -0.15) is 0 Å². The van der Waals surface area contributed by atoms with Crippen molar-refractivity contribution in [3.63, 3.8) is 0 Å². The smallest absolute Gasteiger partial charge is 0.161 e. The van der Waals surface area contributed by atoms with Gasteiger partial charge in [-0.05, 0) is 59.3 Å². The van der Waals surface area contributed by atoms with E-state index in [1.54, 1.807) is 0 Å². The van der Waals surface area contributed by atoms with Crippen LogP contribution in [0.2, 0.25) is 0 Å². The van der Waals surface area contributed by atoms with Gasteiger partial charge in [-0.15, -0.1) is 0 Å². The van der Waals surface area contributed by atoms with E-state index in [0.717, 1.165) is 36.9 Å². The van der Waals surface area contributed by atoms with Gasteiger partial charge in [-0.25, -0.2) is 0 Å². The van der Waals surface area contributed by atoms with Crippen molar-refractivity contribution in [2.75, 3.05) is 13.2 Å². The standard InChI is InChI=1S/C20H22O3/c21-20(9-4-2-1-3-5-9)17-11-8-10-12-14(11)18(20)15(12)16(13(10)17)19-22-6-7-23-19/h1-5,10-19,21H,6-8H2/t10-,11+,12-,13+,14+,15-,16-,17+,18-,20+/m0/s1. The molecule has 7 rings (SSSR count). The molecule has 1 aliphatic heterocycles. The Hall–Kier alpha value is -0.900. The summed E-state index contributed by atoms with van der Waals surface area (Å²) < 4.78 is 11.9. The van der Waals surface area contributed by atoms with Crippen LogP contribution in [-0.2, 0) is 15.1 Å². The summed E-state index contributed by atoms with van der Waals surface area (Å²) in [6.07, 6.45) is 1.37. The Morgan fingerprint density at radius 2 is 1.57 bits per heavy atom. The highest BCUT2D eigenvalue weighted by molar-refractivity contribution is 5.40. The SMILES string of the molecule is O[C@@]1(c2ccccc2)[C@H]2[C@@H]3[C@H]4C[C@H]5[C@@H]3[C@H]2[C@@H](C2OCCO2)[C@@H]5[C@@H]41. The molecule has 10 atom stereocenters. The van der Waals surface area contributed by atoms with Crippen LogP contribution in [-0.4, -0.2) is 24.6 Å². The summed E-state index contributed by atoms with van der Waals surface area (Å²) in [5, 5.41) is 11.9. The molecule has 0 radical (unpaired) electrons. The number of benzene rings is 1. The van der Waals surface area contributed by atoms with E-state index in [2.05, 4.69) is 30.3 Å². The van der Waals surface area contributed by atoms with Gasteiger partial charge in [-0.3, -0.25) is 0 Å². The van der Waals surface area contributed by atoms with Gasteiger partial charge in [0.15, 0.2) is 6.29 Å². The Labute approximate surface area is 136 Å². The molecule has 5 aliphatic carbocycles. The van der Waals surface area contributed by atoms with Gasteiger partial charge in [0.25, 0.3) is 0 Å². The van der Waals surface area contributed by atoms with Gasteiger partial charge < -0.3 is 14.6 Å². The van der Waals surface area contributed by atoms with Crippen molar-refractivity contribution in [3.05, 3.63) is 35.9 Å². The van der Waals surface area contributed by atoms with Crippen LogP contribution in [0.15, 0.2) is 30.3 Å². The molecule has 1 aromatic rings. The lowest BCUT2D eigenvalue weighted by Gasteiger charge is -2.55. The highest BCUT2D eigenvalue weighted by Gasteiger charge is 2.88. The number of fused-ring (bicyclic) bond motifs is 2. The summed E-state index contributed by atoms with van der Waals surface area (Å²) in [6.45, 7) is 1.50. The van der Waals surface area contributed by atoms with Crippen molar-refractivity contribution in [3.8, 4) is 0 Å². The van der Waals surface area contributed by atoms with E-state index in [1.165, 1.54) is 12.0 Å². The molecule has 1 N–H and O–H groups in total. The van der Waals surface area contributed by atoms with E-state index in [0.29, 0.717) is 29.6 Å². The number of hydrogen-bond donors (Lipinski definition) is 1. The molecular weight excluding hydrogens is 288 g/mol. The first-order valence-corrected chi connectivity index (χ1v) is 9.33. The lowest BCUT2D eigenvalue weighted by atomic mass is 9.52. The fourth-order valence-electron chi connectivity index (χ4n) is 8.71. The summed E-state index contributed by atoms with van der Waals surface area (Å²) in [4.78, 5) is 0. The molecule has 1 saturated heterocycles. The van der Waals surface area contributed by atoms with Crippen LogP contribution in [0.25, 0.3) is 0 Å². The second kappa shape index (κ2) is 3.68. The first-order valence-electron chi connectivity index (χ1n) is 9.33. The van der Waals surface area contributed by atoms with Gasteiger partial charge in [-0.1, -0.05) is 30.3 Å². The van der Waals surface area contributed by atoms with E-state index < -0.39 is 5.60 Å². The first-order chi connectivity index (χ1) is 11.3. The predicted octanol–water partition coefficient (Wildman–Crippen LogP) is 2.25. The van der Waals surface area contributed by atoms with Gasteiger partial charge in [0.2, 0.25) is 0 Å². The van der Waals surface area contributed by atoms with Gasteiger partial charge >= 0.3 is 0 Å². The van der Waals surface area contributed by atoms with Crippen molar-refractivity contribution >= 4 is 0 Å². The predicted molar refractivity (Wildman–Crippen MR) is 82.1 cm³/mol. The maximum absolute atomic E-state index is 11.9. The molecule has 0 spiro atoms. The summed E-state index contributed by atoms with van der Waals surface area (Å²) in [6, 6.07) is 10.5. The normalized spacial score (nSPS) is 60.8. The van der Waals surface area contributed by atoms with E-state index in [9.17, 15) is 5.11 Å². The lowest BCUT2D eigenvalue weighted by molar-refractivity contribution is -0.206. The van der Waals surface area contributed by atoms with Crippen LogP contribution in [0.5, 0.6) is 0 Å². The second-order valence-electron chi connectivity index (χ2n) is 8.80. The molecule has 2 bridgehead atoms. The van der Waals surface area contributed by atoms with Crippen molar-refractivity contribution in [2.24, 2.45) is 53.3 Å². The van der Waals surface area contributed by atoms with Crippen LogP contribution < -0.4 is 0 Å². The van der Waals surface area contributed by atoms with Crippen LogP contribution in [0, 0.1) is 53.3 Å². The molecule has 0 unspecified atom stereocenters. The molecule has 5 saturated carbocycles. The van der Waals surface area contributed by atoms with Gasteiger partial charge in [0.05, 0.1) is 18.8 Å². The molecule has 6 fully saturated rings. The minimum absolute atomic E-state index is 0.0145. The summed E-state index contributed by atoms with van der Waals surface area (Å²) in [5.74, 6) is 5.94. The zero-order valence-electron chi connectivity index (χ0n) is 13.0. The van der Waals surface area contributed by atoms with E-state index >= 15 is 0 Å². The zero-order chi connectivity index (χ0) is 14.9. The summed E-state index contributed by atoms with van der Waals surface area (Å²) in [5.41, 5.74) is 0.591. The third-order valence-corrected chi connectivity index (χ3v) is 8.72. The summed E-state index contributed by atoms with van der Waals surface area (Å²) in [7, 11) is 0. The van der Waals surface area contributed by atoms with Crippen molar-refractivity contribution in [1.29, 1.82) is 0 Å². The van der Waals surface area contributed by atoms with Gasteiger partial charge in [0.1, 0.15) is 0 Å². The molecule has 1 aromatic carbocycles. The van der Waals surface area contributed by atoms with Crippen LogP contribution in [0.4, 0.5) is 0 Å². The third kappa shape index (κ3) is 1.09. The highest BCUT2D eigenvalue weighted by atomic mass is 16.7. The molecule has 23 heavy (non-hydrogen) atoms. The fourth-order valence-corrected chi connectivity index (χ4v) is 8.71. The molecule has 3 nitrogen and oxygen atoms in total. The van der Waals surface area contributed by atoms with E-state index in [4.69, 9.17) is 9.47 Å². The lowest BCUT2D eigenvalue weighted by Crippen LogP contribution is -2.57. The van der Waals surface area contributed by atoms with E-state index in [1.807, 2.05) is 0 Å². The molecule has 120 valence electrons.